The van der Waals surface area contributed by atoms with Gasteiger partial charge < -0.3 is 13.8 Å². The molecule has 61 heavy (non-hydrogen) atoms. The second-order valence-electron chi connectivity index (χ2n) is 17.6. The average Bonchev–Trinajstić information content (AvgIpc) is 3.83. The van der Waals surface area contributed by atoms with Gasteiger partial charge in [-0.2, -0.15) is 0 Å². The molecule has 0 unspecified atom stereocenters. The van der Waals surface area contributed by atoms with Gasteiger partial charge in [-0.1, -0.05) is 109 Å². The Kier molecular flexibility index (Phi) is 8.07. The number of rotatable bonds is 6. The van der Waals surface area contributed by atoms with Crippen molar-refractivity contribution in [2.45, 2.75) is 26.2 Å². The lowest BCUT2D eigenvalue weighted by Gasteiger charge is -2.42. The molecule has 2 aromatic heterocycles. The third kappa shape index (κ3) is 5.19. The third-order valence-electron chi connectivity index (χ3n) is 14.5. The van der Waals surface area contributed by atoms with Crippen molar-refractivity contribution in [3.63, 3.8) is 0 Å². The van der Waals surface area contributed by atoms with Crippen molar-refractivity contribution in [2.75, 3.05) is 4.81 Å². The number of furan rings is 1. The molecule has 0 saturated carbocycles. The van der Waals surface area contributed by atoms with E-state index in [1.165, 1.54) is 129 Å². The van der Waals surface area contributed by atoms with E-state index in [1.54, 1.807) is 0 Å². The standard InChI is InChI=1S/C52H42B6N2O/c1-2-3-10-28-17-22-40-35(23-28)34-14-9-15-39-52(34)59(40)42-25-31(45-46(53)48(55)50(57)49(56)47(45)54)24-38-36-27-44-37(33-13-7-8-16-43(33)61-44)26-41(36)60(58(39)51(38)42)32-20-18-30(19-21-32)29-11-5-4-6-12-29/h4-9,11-27H,2-3,10,53-57H2,1H3. The Morgan fingerprint density at radius 3 is 2.05 bits per heavy atom. The highest BCUT2D eigenvalue weighted by Gasteiger charge is 2.44. The van der Waals surface area contributed by atoms with Gasteiger partial charge in [0.15, 0.2) is 0 Å². The number of para-hydroxylation sites is 2. The number of unbranched alkanes of at least 4 members (excludes halogenated alkanes) is 1. The minimum absolute atomic E-state index is 0.0755. The van der Waals surface area contributed by atoms with Gasteiger partial charge in [0.2, 0.25) is 0 Å². The maximum Gasteiger partial charge on any atom is 0.333 e. The molecule has 0 bridgehead atoms. The molecule has 0 spiro atoms. The number of nitrogens with zero attached hydrogens (tertiary/aromatic N) is 2. The zero-order valence-electron chi connectivity index (χ0n) is 35.8. The fraction of sp³-hybridized carbons (Fsp3) is 0.0769. The van der Waals surface area contributed by atoms with Crippen LogP contribution in [-0.4, -0.2) is 50.6 Å². The summed E-state index contributed by atoms with van der Waals surface area (Å²) in [6.07, 6.45) is 3.47. The van der Waals surface area contributed by atoms with Crippen molar-refractivity contribution >= 4 is 139 Å². The van der Waals surface area contributed by atoms with Gasteiger partial charge in [-0.3, -0.25) is 0 Å². The van der Waals surface area contributed by atoms with Crippen LogP contribution in [0.1, 0.15) is 25.3 Å². The minimum atomic E-state index is -0.0755. The molecule has 2 aliphatic heterocycles. The lowest BCUT2D eigenvalue weighted by Crippen LogP contribution is -2.60. The molecule has 12 rings (SSSR count). The minimum Gasteiger partial charge on any atom is -0.456 e. The summed E-state index contributed by atoms with van der Waals surface area (Å²) in [6, 6.07) is 52.5. The van der Waals surface area contributed by atoms with Gasteiger partial charge in [0.25, 0.3) is 0 Å². The summed E-state index contributed by atoms with van der Waals surface area (Å²) in [4.78, 5) is 2.64. The highest BCUT2D eigenvalue weighted by Crippen LogP contribution is 2.48. The second-order valence-corrected chi connectivity index (χ2v) is 17.6. The third-order valence-corrected chi connectivity index (χ3v) is 14.5. The summed E-state index contributed by atoms with van der Waals surface area (Å²) in [5.41, 5.74) is 26.4. The molecule has 0 N–H and O–H groups in total. The van der Waals surface area contributed by atoms with Crippen LogP contribution in [0, 0.1) is 0 Å². The summed E-state index contributed by atoms with van der Waals surface area (Å²) in [5, 5.41) is 4.93. The monoisotopic (exact) mass is 776 g/mol. The molecule has 0 radical (unpaired) electrons. The molecule has 0 aliphatic carbocycles. The van der Waals surface area contributed by atoms with Crippen LogP contribution in [0.2, 0.25) is 0 Å². The summed E-state index contributed by atoms with van der Waals surface area (Å²) in [5.74, 6) is 0. The number of aryl methyl sites for hydroxylation is 1. The van der Waals surface area contributed by atoms with Crippen molar-refractivity contribution in [3.05, 3.63) is 145 Å². The summed E-state index contributed by atoms with van der Waals surface area (Å²) in [7, 11) is 11.5. The number of aromatic nitrogens is 1. The molecule has 10 aromatic rings. The Bertz CT molecular complexity index is 3450. The Morgan fingerprint density at radius 2 is 1.26 bits per heavy atom. The van der Waals surface area contributed by atoms with Crippen molar-refractivity contribution in [3.8, 4) is 39.1 Å². The smallest absolute Gasteiger partial charge is 0.333 e. The summed E-state index contributed by atoms with van der Waals surface area (Å²) in [6.45, 7) is 2.21. The molecule has 2 aliphatic rings. The van der Waals surface area contributed by atoms with E-state index in [9.17, 15) is 0 Å². The number of hydrogen-bond acceptors (Lipinski definition) is 2. The van der Waals surface area contributed by atoms with Crippen LogP contribution in [0.4, 0.5) is 11.4 Å². The van der Waals surface area contributed by atoms with E-state index in [-0.39, 0.29) is 6.85 Å². The molecule has 0 atom stereocenters. The molecular formula is C52H42B6N2O. The number of anilines is 2. The number of fused-ring (bicyclic) bond motifs is 10. The fourth-order valence-electron chi connectivity index (χ4n) is 11.0. The van der Waals surface area contributed by atoms with Crippen molar-refractivity contribution in [2.24, 2.45) is 0 Å². The molecule has 4 heterocycles. The van der Waals surface area contributed by atoms with Crippen LogP contribution < -0.4 is 43.1 Å². The van der Waals surface area contributed by atoms with Crippen molar-refractivity contribution < 1.29 is 4.42 Å². The first-order valence-electron chi connectivity index (χ1n) is 22.0. The second kappa shape index (κ2) is 13.5. The Balaban J connectivity index is 1.22. The first kappa shape index (κ1) is 36.4. The van der Waals surface area contributed by atoms with E-state index in [1.807, 2.05) is 0 Å². The lowest BCUT2D eigenvalue weighted by molar-refractivity contribution is 0.669. The van der Waals surface area contributed by atoms with Gasteiger partial charge in [0.05, 0.1) is 11.0 Å². The van der Waals surface area contributed by atoms with Crippen LogP contribution in [0.15, 0.2) is 144 Å². The quantitative estimate of drug-likeness (QED) is 0.240. The first-order valence-corrected chi connectivity index (χ1v) is 22.0. The van der Waals surface area contributed by atoms with Crippen molar-refractivity contribution in [1.82, 2.24) is 4.57 Å². The van der Waals surface area contributed by atoms with E-state index >= 15 is 0 Å². The molecule has 0 saturated heterocycles. The van der Waals surface area contributed by atoms with Crippen LogP contribution in [0.3, 0.4) is 0 Å². The van der Waals surface area contributed by atoms with E-state index in [4.69, 9.17) is 4.42 Å². The van der Waals surface area contributed by atoms with E-state index in [0.29, 0.717) is 0 Å². The topological polar surface area (TPSA) is 21.3 Å². The zero-order chi connectivity index (χ0) is 41.3. The normalized spacial score (nSPS) is 12.8. The van der Waals surface area contributed by atoms with E-state index in [2.05, 4.69) is 195 Å². The molecule has 3 nitrogen and oxygen atoms in total. The van der Waals surface area contributed by atoms with Gasteiger partial charge in [-0.15, -0.1) is 16.4 Å². The Morgan fingerprint density at radius 1 is 0.541 bits per heavy atom. The SMILES string of the molecule is Bc1c(B)c(B)c(-c2cc3c4c(c2)-n2c5ccc(CCCC)cc5c5cccc(c52)B4N(c2ccc(-c4ccccc4)cc2)c2cc4c(cc2-3)oc2ccccc24)c(B)c1B. The molecule has 8 aromatic carbocycles. The van der Waals surface area contributed by atoms with Crippen molar-refractivity contribution in [1.29, 1.82) is 0 Å². The fourth-order valence-corrected chi connectivity index (χ4v) is 11.0. The summed E-state index contributed by atoms with van der Waals surface area (Å²) < 4.78 is 9.31. The van der Waals surface area contributed by atoms with Gasteiger partial charge in [0.1, 0.15) is 50.4 Å². The molecule has 0 fully saturated rings. The average molecular weight is 776 g/mol. The maximum atomic E-state index is 6.70. The molecule has 0 amide bonds. The van der Waals surface area contributed by atoms with E-state index < -0.39 is 0 Å². The van der Waals surface area contributed by atoms with Gasteiger partial charge >= 0.3 is 6.85 Å². The van der Waals surface area contributed by atoms with Crippen LogP contribution in [0.25, 0.3) is 82.8 Å². The number of benzene rings is 8. The lowest BCUT2D eigenvalue weighted by atomic mass is 9.43. The van der Waals surface area contributed by atoms with Gasteiger partial charge in [-0.25, -0.2) is 0 Å². The van der Waals surface area contributed by atoms with Gasteiger partial charge in [-0.05, 0) is 112 Å². The predicted molar refractivity (Wildman–Crippen MR) is 277 cm³/mol. The zero-order valence-corrected chi connectivity index (χ0v) is 35.8. The summed E-state index contributed by atoms with van der Waals surface area (Å²) >= 11 is 0. The molecule has 284 valence electrons. The van der Waals surface area contributed by atoms with E-state index in [0.717, 1.165) is 28.4 Å². The van der Waals surface area contributed by atoms with Crippen LogP contribution in [-0.2, 0) is 6.42 Å². The maximum absolute atomic E-state index is 6.70. The van der Waals surface area contributed by atoms with Crippen LogP contribution in [0.5, 0.6) is 0 Å². The Labute approximate surface area is 361 Å². The predicted octanol–water partition coefficient (Wildman–Crippen LogP) is 3.89. The Hall–Kier alpha value is -6.45. The largest absolute Gasteiger partial charge is 0.456 e. The highest BCUT2D eigenvalue weighted by atomic mass is 16.3. The van der Waals surface area contributed by atoms with Gasteiger partial charge in [0, 0.05) is 44.2 Å². The molecular weight excluding hydrogens is 733 g/mol. The molecule has 9 heteroatoms. The first-order chi connectivity index (χ1) is 29.8. The number of hydrogen-bond donors (Lipinski definition) is 0. The van der Waals surface area contributed by atoms with Crippen LogP contribution >= 0.6 is 0 Å². The highest BCUT2D eigenvalue weighted by molar-refractivity contribution is 6.93.